The quantitative estimate of drug-likeness (QED) is 0.800. The molecule has 0 spiro atoms. The molecule has 3 N–H and O–H groups in total. The van der Waals surface area contributed by atoms with Crippen molar-refractivity contribution in [3.8, 4) is 0 Å². The van der Waals surface area contributed by atoms with E-state index in [0.29, 0.717) is 24.3 Å². The highest BCUT2D eigenvalue weighted by molar-refractivity contribution is 6.00. The molecule has 0 saturated heterocycles. The second-order valence-corrected chi connectivity index (χ2v) is 4.99. The number of Topliss-reactive ketones (excluding diaryl/α,β-unsaturated/α-hetero) is 1. The highest BCUT2D eigenvalue weighted by Crippen LogP contribution is 2.29. The Bertz CT molecular complexity index is 687. The van der Waals surface area contributed by atoms with E-state index >= 15 is 0 Å². The van der Waals surface area contributed by atoms with Gasteiger partial charge < -0.3 is 15.6 Å². The van der Waals surface area contributed by atoms with E-state index in [1.807, 2.05) is 28.8 Å². The molecule has 1 unspecified atom stereocenters. The number of hydrogen-bond donors (Lipinski definition) is 2. The molecule has 2 aromatic rings. The van der Waals surface area contributed by atoms with Crippen LogP contribution in [0.2, 0.25) is 0 Å². The third kappa shape index (κ3) is 1.87. The Morgan fingerprint density at radius 3 is 3.00 bits per heavy atom. The fourth-order valence-electron chi connectivity index (χ4n) is 2.71. The van der Waals surface area contributed by atoms with E-state index in [2.05, 4.69) is 5.32 Å². The summed E-state index contributed by atoms with van der Waals surface area (Å²) in [7, 11) is 0. The summed E-state index contributed by atoms with van der Waals surface area (Å²) in [5.74, 6) is 0.0129. The lowest BCUT2D eigenvalue weighted by Crippen LogP contribution is -2.39. The average Bonchev–Trinajstić information content (AvgIpc) is 2.71. The van der Waals surface area contributed by atoms with Gasteiger partial charge in [-0.15, -0.1) is 0 Å². The van der Waals surface area contributed by atoms with Crippen LogP contribution in [0.1, 0.15) is 29.9 Å². The highest BCUT2D eigenvalue weighted by atomic mass is 16.2. The number of nitrogens with one attached hydrogen (secondary N) is 1. The Hall–Kier alpha value is -2.30. The number of nitrogens with zero attached hydrogens (tertiary/aromatic N) is 1. The summed E-state index contributed by atoms with van der Waals surface area (Å²) >= 11 is 0. The molecule has 1 aliphatic rings. The van der Waals surface area contributed by atoms with Crippen LogP contribution in [-0.4, -0.2) is 22.8 Å². The zero-order valence-electron chi connectivity index (χ0n) is 10.6. The van der Waals surface area contributed by atoms with Gasteiger partial charge in [-0.1, -0.05) is 0 Å². The first kappa shape index (κ1) is 11.8. The normalized spacial score (nSPS) is 18.2. The number of aromatic nitrogens is 1. The van der Waals surface area contributed by atoms with Crippen LogP contribution in [0, 0.1) is 0 Å². The van der Waals surface area contributed by atoms with Crippen molar-refractivity contribution in [1.82, 2.24) is 9.88 Å². The lowest BCUT2D eigenvalue weighted by molar-refractivity contribution is -0.117. The van der Waals surface area contributed by atoms with Gasteiger partial charge in [-0.2, -0.15) is 0 Å². The van der Waals surface area contributed by atoms with Crippen LogP contribution < -0.4 is 11.1 Å². The topological polar surface area (TPSA) is 77.1 Å². The van der Waals surface area contributed by atoms with E-state index < -0.39 is 0 Å². The van der Waals surface area contributed by atoms with E-state index in [-0.39, 0.29) is 17.7 Å². The van der Waals surface area contributed by atoms with E-state index in [0.717, 1.165) is 10.9 Å². The molecule has 1 aliphatic heterocycles. The van der Waals surface area contributed by atoms with Crippen LogP contribution in [0.25, 0.3) is 10.9 Å². The molecule has 3 rings (SSSR count). The van der Waals surface area contributed by atoms with Gasteiger partial charge in [0.15, 0.2) is 0 Å². The van der Waals surface area contributed by atoms with Gasteiger partial charge in [0.1, 0.15) is 11.5 Å². The first-order valence-electron chi connectivity index (χ1n) is 6.24. The number of nitrogens with two attached hydrogens (primary N) is 1. The van der Waals surface area contributed by atoms with Crippen molar-refractivity contribution in [2.24, 2.45) is 0 Å². The van der Waals surface area contributed by atoms with Gasteiger partial charge in [0, 0.05) is 29.6 Å². The van der Waals surface area contributed by atoms with E-state index in [1.165, 1.54) is 0 Å². The fourth-order valence-corrected chi connectivity index (χ4v) is 2.71. The highest BCUT2D eigenvalue weighted by Gasteiger charge is 2.27. The van der Waals surface area contributed by atoms with Gasteiger partial charge in [-0.05, 0) is 31.2 Å². The van der Waals surface area contributed by atoms with Crippen LogP contribution in [-0.2, 0) is 4.79 Å². The number of nitrogen functional groups attached to an aromatic ring is 1. The minimum atomic E-state index is -0.102. The number of carbonyl (C=O) groups is 2. The molecule has 1 aromatic heterocycles. The molecule has 0 bridgehead atoms. The van der Waals surface area contributed by atoms with Crippen molar-refractivity contribution in [2.75, 3.05) is 12.3 Å². The molecule has 1 amide bonds. The molecule has 0 saturated carbocycles. The maximum Gasteiger partial charge on any atom is 0.268 e. The lowest BCUT2D eigenvalue weighted by atomic mass is 10.1. The molecule has 5 heteroatoms. The molecule has 0 aliphatic carbocycles. The second-order valence-electron chi connectivity index (χ2n) is 4.99. The Morgan fingerprint density at radius 1 is 1.47 bits per heavy atom. The first-order valence-corrected chi connectivity index (χ1v) is 6.24. The van der Waals surface area contributed by atoms with Gasteiger partial charge in [0.2, 0.25) is 0 Å². The van der Waals surface area contributed by atoms with E-state index in [4.69, 9.17) is 5.73 Å². The molecule has 1 atom stereocenters. The van der Waals surface area contributed by atoms with Crippen molar-refractivity contribution in [2.45, 2.75) is 19.4 Å². The fraction of sp³-hybridized carbons (Fsp3) is 0.286. The molecular weight excluding hydrogens is 242 g/mol. The van der Waals surface area contributed by atoms with Crippen molar-refractivity contribution in [3.05, 3.63) is 30.0 Å². The predicted octanol–water partition coefficient (Wildman–Crippen LogP) is 1.49. The number of benzene rings is 1. The maximum absolute atomic E-state index is 11.9. The Kier molecular flexibility index (Phi) is 2.55. The number of amides is 1. The maximum atomic E-state index is 11.9. The Balaban J connectivity index is 2.21. The molecular formula is C14H15N3O2. The summed E-state index contributed by atoms with van der Waals surface area (Å²) in [6, 6.07) is 7.37. The molecule has 1 aromatic carbocycles. The Labute approximate surface area is 110 Å². The van der Waals surface area contributed by atoms with Crippen LogP contribution >= 0.6 is 0 Å². The zero-order valence-corrected chi connectivity index (χ0v) is 10.6. The van der Waals surface area contributed by atoms with Crippen LogP contribution in [0.5, 0.6) is 0 Å². The van der Waals surface area contributed by atoms with Crippen molar-refractivity contribution in [3.63, 3.8) is 0 Å². The minimum absolute atomic E-state index is 0.0219. The number of hydrogen-bond acceptors (Lipinski definition) is 3. The molecule has 5 nitrogen and oxygen atoms in total. The molecule has 2 heterocycles. The largest absolute Gasteiger partial charge is 0.399 e. The summed E-state index contributed by atoms with van der Waals surface area (Å²) in [5, 5.41) is 3.76. The van der Waals surface area contributed by atoms with Gasteiger partial charge in [0.25, 0.3) is 5.91 Å². The molecule has 19 heavy (non-hydrogen) atoms. The van der Waals surface area contributed by atoms with Crippen molar-refractivity contribution < 1.29 is 9.59 Å². The number of ketones is 1. The molecule has 98 valence electrons. The van der Waals surface area contributed by atoms with E-state index in [1.54, 1.807) is 6.92 Å². The Morgan fingerprint density at radius 2 is 2.26 bits per heavy atom. The first-order chi connectivity index (χ1) is 9.06. The summed E-state index contributed by atoms with van der Waals surface area (Å²) in [6.45, 7) is 2.05. The summed E-state index contributed by atoms with van der Waals surface area (Å²) in [4.78, 5) is 23.3. The number of rotatable bonds is 2. The summed E-state index contributed by atoms with van der Waals surface area (Å²) in [5.41, 5.74) is 7.98. The van der Waals surface area contributed by atoms with Crippen molar-refractivity contribution in [1.29, 1.82) is 0 Å². The monoisotopic (exact) mass is 257 g/mol. The van der Waals surface area contributed by atoms with Crippen molar-refractivity contribution >= 4 is 28.3 Å². The molecule has 0 radical (unpaired) electrons. The minimum Gasteiger partial charge on any atom is -0.399 e. The number of anilines is 1. The third-order valence-electron chi connectivity index (χ3n) is 3.48. The summed E-state index contributed by atoms with van der Waals surface area (Å²) < 4.78 is 1.95. The number of fused-ring (bicyclic) bond motifs is 3. The average molecular weight is 257 g/mol. The van der Waals surface area contributed by atoms with E-state index in [9.17, 15) is 9.59 Å². The SMILES string of the molecule is CC(=O)CC1CNC(=O)c2cc3cc(N)ccc3n21. The second kappa shape index (κ2) is 4.12. The predicted molar refractivity (Wildman–Crippen MR) is 73.0 cm³/mol. The smallest absolute Gasteiger partial charge is 0.268 e. The summed E-state index contributed by atoms with van der Waals surface area (Å²) in [6.07, 6.45) is 0.418. The van der Waals surface area contributed by atoms with Gasteiger partial charge in [0.05, 0.1) is 6.04 Å². The van der Waals surface area contributed by atoms with Gasteiger partial charge >= 0.3 is 0 Å². The lowest BCUT2D eigenvalue weighted by Gasteiger charge is -2.26. The van der Waals surface area contributed by atoms with Crippen LogP contribution in [0.3, 0.4) is 0 Å². The van der Waals surface area contributed by atoms with Crippen LogP contribution in [0.4, 0.5) is 5.69 Å². The number of carbonyl (C=O) groups excluding carboxylic acids is 2. The van der Waals surface area contributed by atoms with Gasteiger partial charge in [-0.3, -0.25) is 9.59 Å². The zero-order chi connectivity index (χ0) is 13.6. The van der Waals surface area contributed by atoms with Gasteiger partial charge in [-0.25, -0.2) is 0 Å². The molecule has 0 fully saturated rings. The third-order valence-corrected chi connectivity index (χ3v) is 3.48. The standard InChI is InChI=1S/C14H15N3O2/c1-8(18)4-11-7-16-14(19)13-6-9-5-10(15)2-3-12(9)17(11)13/h2-3,5-6,11H,4,7,15H2,1H3,(H,16,19). The van der Waals surface area contributed by atoms with Crippen LogP contribution in [0.15, 0.2) is 24.3 Å².